The lowest BCUT2D eigenvalue weighted by Crippen LogP contribution is -2.26. The molecule has 0 spiro atoms. The van der Waals surface area contributed by atoms with Crippen molar-refractivity contribution in [3.05, 3.63) is 24.3 Å². The maximum Gasteiger partial charge on any atom is 0.119 e. The summed E-state index contributed by atoms with van der Waals surface area (Å²) in [5.74, 6) is 3.31. The summed E-state index contributed by atoms with van der Waals surface area (Å²) in [5.41, 5.74) is 0. The Bertz CT molecular complexity index is 369. The van der Waals surface area contributed by atoms with Crippen LogP contribution in [0.1, 0.15) is 12.8 Å². The van der Waals surface area contributed by atoms with Gasteiger partial charge in [-0.05, 0) is 49.6 Å². The molecule has 1 unspecified atom stereocenters. The number of benzene rings is 1. The lowest BCUT2D eigenvalue weighted by Gasteiger charge is -2.16. The maximum absolute atomic E-state index is 5.78. The predicted molar refractivity (Wildman–Crippen MR) is 78.4 cm³/mol. The van der Waals surface area contributed by atoms with Crippen molar-refractivity contribution in [1.29, 1.82) is 0 Å². The molecule has 0 aromatic heterocycles. The third-order valence-corrected chi connectivity index (χ3v) is 3.84. The molecule has 0 bridgehead atoms. The first-order chi connectivity index (χ1) is 9.31. The van der Waals surface area contributed by atoms with Crippen molar-refractivity contribution >= 4 is 11.6 Å². The molecule has 1 aliphatic rings. The highest BCUT2D eigenvalue weighted by Crippen LogP contribution is 2.20. The Labute approximate surface area is 120 Å². The molecule has 19 heavy (non-hydrogen) atoms. The van der Waals surface area contributed by atoms with E-state index in [2.05, 4.69) is 4.90 Å². The minimum atomic E-state index is 0.736. The zero-order valence-corrected chi connectivity index (χ0v) is 12.2. The molecule has 0 amide bonds. The number of methoxy groups -OCH3 is 1. The van der Waals surface area contributed by atoms with Gasteiger partial charge in [0, 0.05) is 19.0 Å². The van der Waals surface area contributed by atoms with Crippen LogP contribution in [0.5, 0.6) is 11.5 Å². The molecular formula is C15H22ClNO2. The van der Waals surface area contributed by atoms with Crippen LogP contribution in [0.25, 0.3) is 0 Å². The van der Waals surface area contributed by atoms with E-state index in [9.17, 15) is 0 Å². The van der Waals surface area contributed by atoms with Crippen molar-refractivity contribution in [3.8, 4) is 11.5 Å². The Morgan fingerprint density at radius 2 is 2.00 bits per heavy atom. The van der Waals surface area contributed by atoms with Crippen LogP contribution >= 0.6 is 11.6 Å². The molecule has 1 saturated heterocycles. The van der Waals surface area contributed by atoms with Gasteiger partial charge in [-0.2, -0.15) is 0 Å². The fourth-order valence-corrected chi connectivity index (χ4v) is 2.78. The maximum atomic E-state index is 5.78. The van der Waals surface area contributed by atoms with Crippen LogP contribution in [-0.2, 0) is 0 Å². The SMILES string of the molecule is COc1ccc(OCCN2CCC(CCCl)C2)cc1. The summed E-state index contributed by atoms with van der Waals surface area (Å²) in [6, 6.07) is 7.72. The van der Waals surface area contributed by atoms with Crippen molar-refractivity contribution in [2.24, 2.45) is 5.92 Å². The van der Waals surface area contributed by atoms with Crippen LogP contribution in [0.2, 0.25) is 0 Å². The number of alkyl halides is 1. The van der Waals surface area contributed by atoms with Gasteiger partial charge in [0.25, 0.3) is 0 Å². The lowest BCUT2D eigenvalue weighted by atomic mass is 10.1. The van der Waals surface area contributed by atoms with Crippen LogP contribution < -0.4 is 9.47 Å². The predicted octanol–water partition coefficient (Wildman–Crippen LogP) is 3.02. The minimum Gasteiger partial charge on any atom is -0.497 e. The highest BCUT2D eigenvalue weighted by atomic mass is 35.5. The Kier molecular flexibility index (Phi) is 5.80. The Hall–Kier alpha value is -0.930. The van der Waals surface area contributed by atoms with Gasteiger partial charge in [-0.25, -0.2) is 0 Å². The van der Waals surface area contributed by atoms with Crippen LogP contribution in [0.15, 0.2) is 24.3 Å². The van der Waals surface area contributed by atoms with Crippen molar-refractivity contribution in [2.45, 2.75) is 12.8 Å². The number of nitrogens with zero attached hydrogens (tertiary/aromatic N) is 1. The number of hydrogen-bond donors (Lipinski definition) is 0. The molecule has 1 fully saturated rings. The summed E-state index contributed by atoms with van der Waals surface area (Å²) >= 11 is 5.78. The number of likely N-dealkylation sites (tertiary alicyclic amines) is 1. The van der Waals surface area contributed by atoms with Gasteiger partial charge >= 0.3 is 0 Å². The van der Waals surface area contributed by atoms with E-state index >= 15 is 0 Å². The van der Waals surface area contributed by atoms with Crippen molar-refractivity contribution in [1.82, 2.24) is 4.90 Å². The summed E-state index contributed by atoms with van der Waals surface area (Å²) in [5, 5.41) is 0. The lowest BCUT2D eigenvalue weighted by molar-refractivity contribution is 0.232. The standard InChI is InChI=1S/C15H22ClNO2/c1-18-14-2-4-15(5-3-14)19-11-10-17-9-7-13(12-17)6-8-16/h2-5,13H,6-12H2,1H3. The van der Waals surface area contributed by atoms with Gasteiger partial charge in [-0.15, -0.1) is 11.6 Å². The quantitative estimate of drug-likeness (QED) is 0.718. The van der Waals surface area contributed by atoms with Gasteiger partial charge in [0.2, 0.25) is 0 Å². The number of halogens is 1. The van der Waals surface area contributed by atoms with E-state index < -0.39 is 0 Å². The van der Waals surface area contributed by atoms with E-state index in [0.29, 0.717) is 0 Å². The van der Waals surface area contributed by atoms with E-state index in [0.717, 1.165) is 42.9 Å². The Morgan fingerprint density at radius 3 is 2.68 bits per heavy atom. The van der Waals surface area contributed by atoms with E-state index in [4.69, 9.17) is 21.1 Å². The molecule has 0 N–H and O–H groups in total. The molecule has 106 valence electrons. The van der Waals surface area contributed by atoms with Crippen LogP contribution in [0.3, 0.4) is 0 Å². The summed E-state index contributed by atoms with van der Waals surface area (Å²) in [7, 11) is 1.67. The average molecular weight is 284 g/mol. The van der Waals surface area contributed by atoms with E-state index in [1.807, 2.05) is 24.3 Å². The van der Waals surface area contributed by atoms with Crippen molar-refractivity contribution in [3.63, 3.8) is 0 Å². The van der Waals surface area contributed by atoms with Gasteiger partial charge < -0.3 is 9.47 Å². The van der Waals surface area contributed by atoms with Gasteiger partial charge in [-0.3, -0.25) is 4.90 Å². The molecule has 1 aromatic carbocycles. The number of rotatable bonds is 7. The molecule has 0 aliphatic carbocycles. The second kappa shape index (κ2) is 7.61. The minimum absolute atomic E-state index is 0.736. The van der Waals surface area contributed by atoms with E-state index in [1.54, 1.807) is 7.11 Å². The fourth-order valence-electron chi connectivity index (χ4n) is 2.47. The molecule has 4 heteroatoms. The summed E-state index contributed by atoms with van der Waals surface area (Å²) in [6.07, 6.45) is 2.41. The van der Waals surface area contributed by atoms with Crippen LogP contribution in [0.4, 0.5) is 0 Å². The molecule has 0 saturated carbocycles. The van der Waals surface area contributed by atoms with Gasteiger partial charge in [-0.1, -0.05) is 0 Å². The number of hydrogen-bond acceptors (Lipinski definition) is 3. The first kappa shape index (κ1) is 14.5. The largest absolute Gasteiger partial charge is 0.497 e. The molecular weight excluding hydrogens is 262 g/mol. The molecule has 2 rings (SSSR count). The molecule has 1 aromatic rings. The van der Waals surface area contributed by atoms with Gasteiger partial charge in [0.15, 0.2) is 0 Å². The molecule has 0 radical (unpaired) electrons. The first-order valence-corrected chi connectivity index (χ1v) is 7.40. The first-order valence-electron chi connectivity index (χ1n) is 6.87. The zero-order chi connectivity index (χ0) is 13.5. The third-order valence-electron chi connectivity index (χ3n) is 3.62. The zero-order valence-electron chi connectivity index (χ0n) is 11.5. The second-order valence-electron chi connectivity index (χ2n) is 4.96. The summed E-state index contributed by atoms with van der Waals surface area (Å²) in [4.78, 5) is 2.46. The second-order valence-corrected chi connectivity index (χ2v) is 5.33. The van der Waals surface area contributed by atoms with Crippen molar-refractivity contribution < 1.29 is 9.47 Å². The highest BCUT2D eigenvalue weighted by molar-refractivity contribution is 6.17. The topological polar surface area (TPSA) is 21.7 Å². The number of ether oxygens (including phenoxy) is 2. The highest BCUT2D eigenvalue weighted by Gasteiger charge is 2.21. The Balaban J connectivity index is 1.66. The van der Waals surface area contributed by atoms with Gasteiger partial charge in [0.05, 0.1) is 7.11 Å². The fraction of sp³-hybridized carbons (Fsp3) is 0.600. The van der Waals surface area contributed by atoms with Crippen LogP contribution in [0, 0.1) is 5.92 Å². The summed E-state index contributed by atoms with van der Waals surface area (Å²) in [6.45, 7) is 4.07. The van der Waals surface area contributed by atoms with Crippen molar-refractivity contribution in [2.75, 3.05) is 39.2 Å². The summed E-state index contributed by atoms with van der Waals surface area (Å²) < 4.78 is 10.9. The van der Waals surface area contributed by atoms with Crippen LogP contribution in [-0.4, -0.2) is 44.1 Å². The Morgan fingerprint density at radius 1 is 1.26 bits per heavy atom. The monoisotopic (exact) mass is 283 g/mol. The average Bonchev–Trinajstić information content (AvgIpc) is 2.88. The normalized spacial score (nSPS) is 19.6. The molecule has 1 heterocycles. The third kappa shape index (κ3) is 4.59. The molecule has 1 aliphatic heterocycles. The van der Waals surface area contributed by atoms with E-state index in [1.165, 1.54) is 19.5 Å². The smallest absolute Gasteiger partial charge is 0.119 e. The van der Waals surface area contributed by atoms with Gasteiger partial charge in [0.1, 0.15) is 18.1 Å². The molecule has 1 atom stereocenters. The van der Waals surface area contributed by atoms with E-state index in [-0.39, 0.29) is 0 Å². The molecule has 3 nitrogen and oxygen atoms in total.